The SMILES string of the molecule is C[C@H](CCc1ccccc1)NC(=O)COC(=O)c1ccc(C=O)cc1. The molecule has 0 saturated heterocycles. The number of hydrogen-bond donors (Lipinski definition) is 1. The van der Waals surface area contributed by atoms with Gasteiger partial charge in [-0.1, -0.05) is 42.5 Å². The summed E-state index contributed by atoms with van der Waals surface area (Å²) in [5.41, 5.74) is 1.99. The summed E-state index contributed by atoms with van der Waals surface area (Å²) in [5, 5.41) is 2.81. The lowest BCUT2D eigenvalue weighted by Gasteiger charge is -2.14. The third kappa shape index (κ3) is 6.22. The largest absolute Gasteiger partial charge is 0.452 e. The van der Waals surface area contributed by atoms with Gasteiger partial charge in [-0.25, -0.2) is 4.79 Å². The minimum atomic E-state index is -0.593. The Morgan fingerprint density at radius 3 is 2.40 bits per heavy atom. The van der Waals surface area contributed by atoms with Gasteiger partial charge in [0.1, 0.15) is 6.29 Å². The first-order chi connectivity index (χ1) is 12.1. The van der Waals surface area contributed by atoms with Gasteiger partial charge in [0.05, 0.1) is 5.56 Å². The highest BCUT2D eigenvalue weighted by Gasteiger charge is 2.12. The van der Waals surface area contributed by atoms with Crippen LogP contribution in [0.3, 0.4) is 0 Å². The van der Waals surface area contributed by atoms with Crippen LogP contribution in [0, 0.1) is 0 Å². The Hall–Kier alpha value is -2.95. The van der Waals surface area contributed by atoms with Crippen molar-refractivity contribution in [3.8, 4) is 0 Å². The van der Waals surface area contributed by atoms with E-state index in [2.05, 4.69) is 5.32 Å². The van der Waals surface area contributed by atoms with Crippen LogP contribution < -0.4 is 5.32 Å². The Morgan fingerprint density at radius 2 is 1.76 bits per heavy atom. The number of ether oxygens (including phenoxy) is 1. The molecular weight excluding hydrogens is 318 g/mol. The van der Waals surface area contributed by atoms with Gasteiger partial charge in [-0.15, -0.1) is 0 Å². The minimum Gasteiger partial charge on any atom is -0.452 e. The van der Waals surface area contributed by atoms with E-state index in [1.165, 1.54) is 29.8 Å². The van der Waals surface area contributed by atoms with E-state index in [9.17, 15) is 14.4 Å². The first-order valence-electron chi connectivity index (χ1n) is 8.14. The number of aryl methyl sites for hydroxylation is 1. The lowest BCUT2D eigenvalue weighted by atomic mass is 10.1. The number of hydrogen-bond acceptors (Lipinski definition) is 4. The van der Waals surface area contributed by atoms with Gasteiger partial charge >= 0.3 is 5.97 Å². The topological polar surface area (TPSA) is 72.5 Å². The molecule has 0 aliphatic carbocycles. The lowest BCUT2D eigenvalue weighted by molar-refractivity contribution is -0.124. The highest BCUT2D eigenvalue weighted by atomic mass is 16.5. The first kappa shape index (κ1) is 18.4. The fourth-order valence-electron chi connectivity index (χ4n) is 2.33. The average molecular weight is 339 g/mol. The Labute approximate surface area is 147 Å². The minimum absolute atomic E-state index is 0.0155. The molecule has 0 aliphatic rings. The number of benzene rings is 2. The number of nitrogens with one attached hydrogen (secondary N) is 1. The van der Waals surface area contributed by atoms with Gasteiger partial charge in [0.2, 0.25) is 0 Å². The van der Waals surface area contributed by atoms with Gasteiger partial charge in [-0.2, -0.15) is 0 Å². The summed E-state index contributed by atoms with van der Waals surface area (Å²) in [6.45, 7) is 1.59. The molecule has 0 aromatic heterocycles. The Bertz CT molecular complexity index is 710. The van der Waals surface area contributed by atoms with Gasteiger partial charge in [-0.3, -0.25) is 9.59 Å². The van der Waals surface area contributed by atoms with E-state index >= 15 is 0 Å². The first-order valence-corrected chi connectivity index (χ1v) is 8.14. The molecular formula is C20H21NO4. The van der Waals surface area contributed by atoms with Crippen molar-refractivity contribution in [2.45, 2.75) is 25.8 Å². The highest BCUT2D eigenvalue weighted by Crippen LogP contribution is 2.06. The van der Waals surface area contributed by atoms with Crippen molar-refractivity contribution in [1.29, 1.82) is 0 Å². The molecule has 1 atom stereocenters. The van der Waals surface area contributed by atoms with Crippen molar-refractivity contribution < 1.29 is 19.1 Å². The standard InChI is InChI=1S/C20H21NO4/c1-15(7-8-16-5-3-2-4-6-16)21-19(23)14-25-20(24)18-11-9-17(13-22)10-12-18/h2-6,9-13,15H,7-8,14H2,1H3,(H,21,23)/t15-/m1/s1. The monoisotopic (exact) mass is 339 g/mol. The maximum absolute atomic E-state index is 11.9. The van der Waals surface area contributed by atoms with Crippen LogP contribution in [-0.4, -0.2) is 30.8 Å². The fraction of sp³-hybridized carbons (Fsp3) is 0.250. The number of rotatable bonds is 8. The Morgan fingerprint density at radius 1 is 1.08 bits per heavy atom. The quantitative estimate of drug-likeness (QED) is 0.593. The van der Waals surface area contributed by atoms with Crippen LogP contribution >= 0.6 is 0 Å². The molecule has 1 amide bonds. The molecule has 0 bridgehead atoms. The highest BCUT2D eigenvalue weighted by molar-refractivity contribution is 5.92. The molecule has 0 spiro atoms. The van der Waals surface area contributed by atoms with E-state index in [4.69, 9.17) is 4.74 Å². The molecule has 0 heterocycles. The second-order valence-corrected chi connectivity index (χ2v) is 5.81. The van der Waals surface area contributed by atoms with Crippen LogP contribution in [0.2, 0.25) is 0 Å². The van der Waals surface area contributed by atoms with Crippen LogP contribution in [0.5, 0.6) is 0 Å². The zero-order valence-electron chi connectivity index (χ0n) is 14.1. The molecule has 2 aromatic carbocycles. The summed E-state index contributed by atoms with van der Waals surface area (Å²) >= 11 is 0. The van der Waals surface area contributed by atoms with E-state index in [-0.39, 0.29) is 18.6 Å². The molecule has 2 aromatic rings. The molecule has 5 nitrogen and oxygen atoms in total. The summed E-state index contributed by atoms with van der Waals surface area (Å²) in [5.74, 6) is -0.928. The van der Waals surface area contributed by atoms with Crippen molar-refractivity contribution in [1.82, 2.24) is 5.32 Å². The molecule has 0 fully saturated rings. The predicted octanol–water partition coefficient (Wildman–Crippen LogP) is 2.79. The number of amides is 1. The van der Waals surface area contributed by atoms with E-state index in [1.54, 1.807) is 0 Å². The molecule has 130 valence electrons. The van der Waals surface area contributed by atoms with Crippen molar-refractivity contribution in [3.05, 3.63) is 71.3 Å². The molecule has 25 heavy (non-hydrogen) atoms. The van der Waals surface area contributed by atoms with Crippen molar-refractivity contribution >= 4 is 18.2 Å². The predicted molar refractivity (Wildman–Crippen MR) is 94.5 cm³/mol. The van der Waals surface area contributed by atoms with Crippen LogP contribution in [-0.2, 0) is 16.0 Å². The van der Waals surface area contributed by atoms with Gasteiger partial charge in [-0.05, 0) is 37.5 Å². The van der Waals surface area contributed by atoms with Gasteiger partial charge < -0.3 is 10.1 Å². The zero-order chi connectivity index (χ0) is 18.1. The molecule has 0 aliphatic heterocycles. The maximum Gasteiger partial charge on any atom is 0.338 e. The second kappa shape index (κ2) is 9.37. The molecule has 0 radical (unpaired) electrons. The number of esters is 1. The second-order valence-electron chi connectivity index (χ2n) is 5.81. The van der Waals surface area contributed by atoms with Crippen LogP contribution in [0.15, 0.2) is 54.6 Å². The van der Waals surface area contributed by atoms with Gasteiger partial charge in [0, 0.05) is 11.6 Å². The van der Waals surface area contributed by atoms with Gasteiger partial charge in [0.15, 0.2) is 6.61 Å². The average Bonchev–Trinajstić information content (AvgIpc) is 2.65. The smallest absolute Gasteiger partial charge is 0.338 e. The molecule has 2 rings (SSSR count). The number of carbonyl (C=O) groups excluding carboxylic acids is 3. The molecule has 0 saturated carbocycles. The van der Waals surface area contributed by atoms with Crippen molar-refractivity contribution in [3.63, 3.8) is 0 Å². The summed E-state index contributed by atoms with van der Waals surface area (Å²) in [6.07, 6.45) is 2.36. The van der Waals surface area contributed by atoms with E-state index in [0.717, 1.165) is 12.8 Å². The number of aldehydes is 1. The zero-order valence-corrected chi connectivity index (χ0v) is 14.1. The van der Waals surface area contributed by atoms with E-state index in [0.29, 0.717) is 17.4 Å². The maximum atomic E-state index is 11.9. The summed E-state index contributed by atoms with van der Waals surface area (Å²) in [4.78, 5) is 34.3. The lowest BCUT2D eigenvalue weighted by Crippen LogP contribution is -2.36. The summed E-state index contributed by atoms with van der Waals surface area (Å²) in [7, 11) is 0. The normalized spacial score (nSPS) is 11.4. The number of carbonyl (C=O) groups is 3. The van der Waals surface area contributed by atoms with E-state index < -0.39 is 5.97 Å². The van der Waals surface area contributed by atoms with Gasteiger partial charge in [0.25, 0.3) is 5.91 Å². The van der Waals surface area contributed by atoms with Crippen LogP contribution in [0.25, 0.3) is 0 Å². The van der Waals surface area contributed by atoms with E-state index in [1.807, 2.05) is 37.3 Å². The Balaban J connectivity index is 1.71. The fourth-order valence-corrected chi connectivity index (χ4v) is 2.33. The summed E-state index contributed by atoms with van der Waals surface area (Å²) < 4.78 is 4.99. The molecule has 1 N–H and O–H groups in total. The van der Waals surface area contributed by atoms with Crippen molar-refractivity contribution in [2.75, 3.05) is 6.61 Å². The van der Waals surface area contributed by atoms with Crippen LogP contribution in [0.4, 0.5) is 0 Å². The molecule has 5 heteroatoms. The molecule has 0 unspecified atom stereocenters. The Kier molecular flexibility index (Phi) is 6.89. The van der Waals surface area contributed by atoms with Crippen molar-refractivity contribution in [2.24, 2.45) is 0 Å². The summed E-state index contributed by atoms with van der Waals surface area (Å²) in [6, 6.07) is 16.1. The third-order valence-corrected chi connectivity index (χ3v) is 3.73. The van der Waals surface area contributed by atoms with Crippen LogP contribution in [0.1, 0.15) is 39.6 Å². The third-order valence-electron chi connectivity index (χ3n) is 3.73.